The summed E-state index contributed by atoms with van der Waals surface area (Å²) >= 11 is 0. The van der Waals surface area contributed by atoms with E-state index in [1.165, 1.54) is 11.3 Å². The summed E-state index contributed by atoms with van der Waals surface area (Å²) in [6.07, 6.45) is 1.16. The molecule has 1 heterocycles. The molecule has 12 heavy (non-hydrogen) atoms. The van der Waals surface area contributed by atoms with Gasteiger partial charge < -0.3 is 5.01 Å². The van der Waals surface area contributed by atoms with Crippen LogP contribution in [0.4, 0.5) is 5.69 Å². The first-order valence-corrected chi connectivity index (χ1v) is 4.32. The second kappa shape index (κ2) is 2.79. The monoisotopic (exact) mass is 162 g/mol. The minimum atomic E-state index is 1.12. The second-order valence-electron chi connectivity index (χ2n) is 3.28. The zero-order chi connectivity index (χ0) is 8.55. The number of fused-ring (bicyclic) bond motifs is 1. The number of benzene rings is 1. The number of hydrogen-bond donors (Lipinski definition) is 0. The molecule has 0 spiro atoms. The Morgan fingerprint density at radius 3 is 2.75 bits per heavy atom. The summed E-state index contributed by atoms with van der Waals surface area (Å²) in [5.74, 6) is 0. The minimum Gasteiger partial charge on any atom is -0.309 e. The van der Waals surface area contributed by atoms with Gasteiger partial charge in [0.2, 0.25) is 0 Å². The van der Waals surface area contributed by atoms with Crippen molar-refractivity contribution in [3.05, 3.63) is 29.8 Å². The molecule has 0 unspecified atom stereocenters. The van der Waals surface area contributed by atoms with Crippen LogP contribution in [-0.4, -0.2) is 25.6 Å². The van der Waals surface area contributed by atoms with Crippen LogP contribution in [-0.2, 0) is 6.42 Å². The Morgan fingerprint density at radius 1 is 1.17 bits per heavy atom. The molecule has 1 aromatic rings. The minimum absolute atomic E-state index is 1.12. The van der Waals surface area contributed by atoms with E-state index < -0.39 is 0 Å². The lowest BCUT2D eigenvalue weighted by Gasteiger charge is -2.36. The first-order valence-electron chi connectivity index (χ1n) is 4.32. The zero-order valence-corrected chi connectivity index (χ0v) is 7.62. The van der Waals surface area contributed by atoms with Crippen molar-refractivity contribution < 1.29 is 0 Å². The number of para-hydroxylation sites is 1. The largest absolute Gasteiger partial charge is 0.309 e. The van der Waals surface area contributed by atoms with Crippen molar-refractivity contribution in [3.8, 4) is 0 Å². The van der Waals surface area contributed by atoms with E-state index in [0.717, 1.165) is 13.0 Å². The molecule has 0 aromatic heterocycles. The lowest BCUT2D eigenvalue weighted by molar-refractivity contribution is 0.314. The third-order valence-corrected chi connectivity index (χ3v) is 2.56. The molecule has 2 heteroatoms. The maximum absolute atomic E-state index is 2.24. The Kier molecular flexibility index (Phi) is 1.77. The normalized spacial score (nSPS) is 17.7. The van der Waals surface area contributed by atoms with Crippen LogP contribution in [0.2, 0.25) is 0 Å². The van der Waals surface area contributed by atoms with Crippen LogP contribution < -0.4 is 5.01 Å². The lowest BCUT2D eigenvalue weighted by atomic mass is 10.1. The molecule has 0 fully saturated rings. The van der Waals surface area contributed by atoms with E-state index >= 15 is 0 Å². The highest BCUT2D eigenvalue weighted by molar-refractivity contribution is 5.53. The summed E-state index contributed by atoms with van der Waals surface area (Å²) in [4.78, 5) is 0. The van der Waals surface area contributed by atoms with Crippen molar-refractivity contribution >= 4 is 5.69 Å². The van der Waals surface area contributed by atoms with Gasteiger partial charge in [-0.25, -0.2) is 5.01 Å². The number of likely N-dealkylation sites (N-methyl/N-ethyl adjacent to an activating group) is 1. The SMILES string of the molecule is CN1CCc2ccccc2N1C. The van der Waals surface area contributed by atoms with Crippen LogP contribution in [0.1, 0.15) is 5.56 Å². The molecule has 64 valence electrons. The molecule has 1 aromatic carbocycles. The summed E-state index contributed by atoms with van der Waals surface area (Å²) in [7, 11) is 4.23. The Balaban J connectivity index is 2.42. The first kappa shape index (κ1) is 7.62. The van der Waals surface area contributed by atoms with Gasteiger partial charge in [-0.1, -0.05) is 18.2 Å². The summed E-state index contributed by atoms with van der Waals surface area (Å²) < 4.78 is 0. The highest BCUT2D eigenvalue weighted by Crippen LogP contribution is 2.24. The highest BCUT2D eigenvalue weighted by Gasteiger charge is 2.16. The molecule has 0 bridgehead atoms. The van der Waals surface area contributed by atoms with Crippen LogP contribution >= 0.6 is 0 Å². The van der Waals surface area contributed by atoms with E-state index in [1.54, 1.807) is 0 Å². The molecule has 0 aliphatic carbocycles. The van der Waals surface area contributed by atoms with Gasteiger partial charge >= 0.3 is 0 Å². The summed E-state index contributed by atoms with van der Waals surface area (Å²) in [6, 6.07) is 8.58. The van der Waals surface area contributed by atoms with E-state index in [4.69, 9.17) is 0 Å². The fourth-order valence-corrected chi connectivity index (χ4v) is 1.65. The average molecular weight is 162 g/mol. The van der Waals surface area contributed by atoms with Crippen molar-refractivity contribution in [2.45, 2.75) is 6.42 Å². The van der Waals surface area contributed by atoms with Crippen LogP contribution in [0.15, 0.2) is 24.3 Å². The van der Waals surface area contributed by atoms with Crippen molar-refractivity contribution in [2.24, 2.45) is 0 Å². The van der Waals surface area contributed by atoms with Gasteiger partial charge in [-0.15, -0.1) is 0 Å². The van der Waals surface area contributed by atoms with Crippen LogP contribution in [0.5, 0.6) is 0 Å². The second-order valence-corrected chi connectivity index (χ2v) is 3.28. The predicted octanol–water partition coefficient (Wildman–Crippen LogP) is 1.53. The summed E-state index contributed by atoms with van der Waals surface area (Å²) in [5, 5.41) is 4.45. The molecule has 0 saturated carbocycles. The summed E-state index contributed by atoms with van der Waals surface area (Å²) in [6.45, 7) is 1.12. The first-order chi connectivity index (χ1) is 5.79. The number of rotatable bonds is 0. The molecule has 0 saturated heterocycles. The predicted molar refractivity (Wildman–Crippen MR) is 51.2 cm³/mol. The van der Waals surface area contributed by atoms with Crippen molar-refractivity contribution in [2.75, 3.05) is 25.6 Å². The molecule has 0 radical (unpaired) electrons. The van der Waals surface area contributed by atoms with Gasteiger partial charge in [0.05, 0.1) is 5.69 Å². The van der Waals surface area contributed by atoms with E-state index in [-0.39, 0.29) is 0 Å². The molecular formula is C10H14N2. The molecule has 2 nitrogen and oxygen atoms in total. The Morgan fingerprint density at radius 2 is 1.92 bits per heavy atom. The maximum Gasteiger partial charge on any atom is 0.0551 e. The fraction of sp³-hybridized carbons (Fsp3) is 0.400. The Labute approximate surface area is 73.4 Å². The van der Waals surface area contributed by atoms with Crippen LogP contribution in [0.25, 0.3) is 0 Å². The number of hydrogen-bond acceptors (Lipinski definition) is 2. The third kappa shape index (κ3) is 1.08. The molecule has 0 amide bonds. The summed E-state index contributed by atoms with van der Waals surface area (Å²) in [5.41, 5.74) is 2.80. The third-order valence-electron chi connectivity index (χ3n) is 2.56. The quantitative estimate of drug-likeness (QED) is 0.570. The van der Waals surface area contributed by atoms with E-state index in [9.17, 15) is 0 Å². The smallest absolute Gasteiger partial charge is 0.0551 e. The Bertz CT molecular complexity index is 283. The number of hydrazine groups is 1. The average Bonchev–Trinajstić information content (AvgIpc) is 2.12. The van der Waals surface area contributed by atoms with Gasteiger partial charge in [-0.05, 0) is 18.1 Å². The topological polar surface area (TPSA) is 6.48 Å². The van der Waals surface area contributed by atoms with Gasteiger partial charge in [-0.2, -0.15) is 0 Å². The highest BCUT2D eigenvalue weighted by atomic mass is 15.6. The maximum atomic E-state index is 2.24. The van der Waals surface area contributed by atoms with Gasteiger partial charge in [0.1, 0.15) is 0 Å². The van der Waals surface area contributed by atoms with E-state index in [2.05, 4.69) is 48.4 Å². The fourth-order valence-electron chi connectivity index (χ4n) is 1.65. The molecule has 0 atom stereocenters. The molecular weight excluding hydrogens is 148 g/mol. The number of anilines is 1. The van der Waals surface area contributed by atoms with Crippen molar-refractivity contribution in [3.63, 3.8) is 0 Å². The molecule has 1 aliphatic rings. The molecule has 0 N–H and O–H groups in total. The van der Waals surface area contributed by atoms with Crippen molar-refractivity contribution in [1.29, 1.82) is 0 Å². The lowest BCUT2D eigenvalue weighted by Crippen LogP contribution is -2.41. The van der Waals surface area contributed by atoms with Crippen LogP contribution in [0.3, 0.4) is 0 Å². The van der Waals surface area contributed by atoms with E-state index in [0.29, 0.717) is 0 Å². The van der Waals surface area contributed by atoms with Crippen molar-refractivity contribution in [1.82, 2.24) is 5.01 Å². The standard InChI is InChI=1S/C10H14N2/c1-11-8-7-9-5-3-4-6-10(9)12(11)2/h3-6H,7-8H2,1-2H3. The van der Waals surface area contributed by atoms with Gasteiger partial charge in [0, 0.05) is 20.6 Å². The van der Waals surface area contributed by atoms with E-state index in [1.807, 2.05) is 0 Å². The van der Waals surface area contributed by atoms with Gasteiger partial charge in [0.25, 0.3) is 0 Å². The van der Waals surface area contributed by atoms with Gasteiger partial charge in [-0.3, -0.25) is 0 Å². The number of nitrogens with zero attached hydrogens (tertiary/aromatic N) is 2. The van der Waals surface area contributed by atoms with Gasteiger partial charge in [0.15, 0.2) is 0 Å². The molecule has 1 aliphatic heterocycles. The Hall–Kier alpha value is -1.02. The zero-order valence-electron chi connectivity index (χ0n) is 7.62. The molecule has 2 rings (SSSR count). The van der Waals surface area contributed by atoms with Crippen LogP contribution in [0, 0.1) is 0 Å².